The Bertz CT molecular complexity index is 652. The number of rotatable bonds is 6. The number of benzene rings is 1. The average Bonchev–Trinajstić information content (AvgIpc) is 2.53. The molecule has 7 nitrogen and oxygen atoms in total. The van der Waals surface area contributed by atoms with Crippen LogP contribution in [0.5, 0.6) is 5.75 Å². The van der Waals surface area contributed by atoms with Crippen molar-refractivity contribution in [2.75, 3.05) is 46.1 Å². The Labute approximate surface area is 143 Å². The molecule has 1 heterocycles. The maximum absolute atomic E-state index is 12.8. The Kier molecular flexibility index (Phi) is 6.20. The molecule has 1 amide bonds. The molecule has 1 aromatic carbocycles. The third-order valence-corrected chi connectivity index (χ3v) is 4.58. The number of nitrogens with one attached hydrogen (secondary N) is 1. The predicted molar refractivity (Wildman–Crippen MR) is 92.4 cm³/mol. The highest BCUT2D eigenvalue weighted by atomic mass is 32.2. The van der Waals surface area contributed by atoms with Gasteiger partial charge in [-0.3, -0.25) is 4.79 Å². The lowest BCUT2D eigenvalue weighted by Gasteiger charge is -2.34. The van der Waals surface area contributed by atoms with Gasteiger partial charge in [-0.2, -0.15) is 4.72 Å². The maximum atomic E-state index is 12.8. The Morgan fingerprint density at radius 1 is 1.21 bits per heavy atom. The number of carbonyl (C=O) groups excluding carboxylic acids is 1. The second kappa shape index (κ2) is 7.96. The van der Waals surface area contributed by atoms with Crippen LogP contribution in [0.15, 0.2) is 24.3 Å². The third-order valence-electron chi connectivity index (χ3n) is 3.92. The Hall–Kier alpha value is -1.64. The lowest BCUT2D eigenvalue weighted by molar-refractivity contribution is -0.134. The van der Waals surface area contributed by atoms with Gasteiger partial charge in [-0.1, -0.05) is 12.1 Å². The van der Waals surface area contributed by atoms with Gasteiger partial charge in [0, 0.05) is 26.2 Å². The summed E-state index contributed by atoms with van der Waals surface area (Å²) < 4.78 is 31.3. The molecule has 1 fully saturated rings. The Balaban J connectivity index is 2.22. The predicted octanol–water partition coefficient (Wildman–Crippen LogP) is 0.450. The molecular formula is C16H25N3O4S. The summed E-state index contributed by atoms with van der Waals surface area (Å²) >= 11 is 0. The van der Waals surface area contributed by atoms with Crippen LogP contribution in [0.4, 0.5) is 0 Å². The number of piperazine rings is 1. The second-order valence-electron chi connectivity index (χ2n) is 5.95. The highest BCUT2D eigenvalue weighted by Crippen LogP contribution is 2.21. The van der Waals surface area contributed by atoms with Gasteiger partial charge in [-0.15, -0.1) is 0 Å². The van der Waals surface area contributed by atoms with E-state index in [0.29, 0.717) is 31.0 Å². The van der Waals surface area contributed by atoms with E-state index in [1.807, 2.05) is 14.0 Å². The number of likely N-dealkylation sites (N-methyl/N-ethyl adjacent to an activating group) is 1. The minimum atomic E-state index is -3.53. The second-order valence-corrected chi connectivity index (χ2v) is 7.73. The van der Waals surface area contributed by atoms with E-state index in [-0.39, 0.29) is 5.91 Å². The summed E-state index contributed by atoms with van der Waals surface area (Å²) in [6.07, 6.45) is 1.06. The summed E-state index contributed by atoms with van der Waals surface area (Å²) in [4.78, 5) is 16.7. The molecule has 0 bridgehead atoms. The standard InChI is InChI=1S/C16H25N3O4S/c1-4-23-14-7-5-13(6-8-14)15(17-24(3,21)22)16(20)19-11-9-18(2)10-12-19/h5-8,15,17H,4,9-12H2,1-3H3. The van der Waals surface area contributed by atoms with Gasteiger partial charge in [-0.25, -0.2) is 8.42 Å². The molecule has 0 saturated carbocycles. The minimum Gasteiger partial charge on any atom is -0.494 e. The zero-order valence-corrected chi connectivity index (χ0v) is 15.2. The van der Waals surface area contributed by atoms with Crippen molar-refractivity contribution in [1.29, 1.82) is 0 Å². The lowest BCUT2D eigenvalue weighted by atomic mass is 10.1. The number of sulfonamides is 1. The molecule has 1 unspecified atom stereocenters. The van der Waals surface area contributed by atoms with E-state index < -0.39 is 16.1 Å². The fourth-order valence-electron chi connectivity index (χ4n) is 2.61. The molecule has 1 N–H and O–H groups in total. The van der Waals surface area contributed by atoms with Gasteiger partial charge < -0.3 is 14.5 Å². The summed E-state index contributed by atoms with van der Waals surface area (Å²) in [6, 6.07) is 6.02. The van der Waals surface area contributed by atoms with Crippen LogP contribution in [-0.4, -0.2) is 70.2 Å². The van der Waals surface area contributed by atoms with Crippen LogP contribution in [0.25, 0.3) is 0 Å². The van der Waals surface area contributed by atoms with Crippen molar-refractivity contribution in [1.82, 2.24) is 14.5 Å². The number of amides is 1. The van der Waals surface area contributed by atoms with Crippen molar-refractivity contribution in [2.45, 2.75) is 13.0 Å². The third kappa shape index (κ3) is 5.19. The molecule has 1 aliphatic rings. The van der Waals surface area contributed by atoms with E-state index in [2.05, 4.69) is 9.62 Å². The van der Waals surface area contributed by atoms with E-state index in [0.717, 1.165) is 19.3 Å². The van der Waals surface area contributed by atoms with Crippen LogP contribution in [0.3, 0.4) is 0 Å². The van der Waals surface area contributed by atoms with Gasteiger partial charge in [0.1, 0.15) is 11.8 Å². The smallest absolute Gasteiger partial charge is 0.245 e. The maximum Gasteiger partial charge on any atom is 0.245 e. The Morgan fingerprint density at radius 2 is 1.79 bits per heavy atom. The lowest BCUT2D eigenvalue weighted by Crippen LogP contribution is -2.51. The molecule has 1 aliphatic heterocycles. The van der Waals surface area contributed by atoms with Gasteiger partial charge in [0.15, 0.2) is 0 Å². The molecule has 1 atom stereocenters. The normalized spacial score (nSPS) is 17.5. The van der Waals surface area contributed by atoms with Crippen molar-refractivity contribution in [3.05, 3.63) is 29.8 Å². The van der Waals surface area contributed by atoms with Crippen molar-refractivity contribution in [3.63, 3.8) is 0 Å². The fraction of sp³-hybridized carbons (Fsp3) is 0.562. The first-order valence-electron chi connectivity index (χ1n) is 7.97. The fourth-order valence-corrected chi connectivity index (χ4v) is 3.27. The van der Waals surface area contributed by atoms with E-state index in [4.69, 9.17) is 4.74 Å². The molecule has 1 saturated heterocycles. The topological polar surface area (TPSA) is 78.9 Å². The van der Waals surface area contributed by atoms with Crippen molar-refractivity contribution >= 4 is 15.9 Å². The summed E-state index contributed by atoms with van der Waals surface area (Å²) in [5.74, 6) is 0.462. The summed E-state index contributed by atoms with van der Waals surface area (Å²) in [5, 5.41) is 0. The van der Waals surface area contributed by atoms with Crippen molar-refractivity contribution < 1.29 is 17.9 Å². The van der Waals surface area contributed by atoms with Crippen molar-refractivity contribution in [2.24, 2.45) is 0 Å². The van der Waals surface area contributed by atoms with Gasteiger partial charge in [0.2, 0.25) is 15.9 Å². The molecule has 134 valence electrons. The molecule has 24 heavy (non-hydrogen) atoms. The van der Waals surface area contributed by atoms with Crippen LogP contribution in [0.1, 0.15) is 18.5 Å². The summed E-state index contributed by atoms with van der Waals surface area (Å²) in [6.45, 7) is 5.17. The van der Waals surface area contributed by atoms with Gasteiger partial charge in [0.25, 0.3) is 0 Å². The van der Waals surface area contributed by atoms with Gasteiger partial charge in [-0.05, 0) is 31.7 Å². The van der Waals surface area contributed by atoms with Crippen molar-refractivity contribution in [3.8, 4) is 5.75 Å². The molecule has 0 spiro atoms. The molecule has 0 radical (unpaired) electrons. The largest absolute Gasteiger partial charge is 0.494 e. The quantitative estimate of drug-likeness (QED) is 0.802. The number of carbonyl (C=O) groups is 1. The Morgan fingerprint density at radius 3 is 2.29 bits per heavy atom. The average molecular weight is 355 g/mol. The van der Waals surface area contributed by atoms with E-state index in [1.54, 1.807) is 29.2 Å². The highest BCUT2D eigenvalue weighted by molar-refractivity contribution is 7.88. The first-order chi connectivity index (χ1) is 11.3. The molecule has 8 heteroatoms. The number of nitrogens with zero attached hydrogens (tertiary/aromatic N) is 2. The number of ether oxygens (including phenoxy) is 1. The minimum absolute atomic E-state index is 0.224. The first-order valence-corrected chi connectivity index (χ1v) is 9.86. The van der Waals surface area contributed by atoms with Crippen LogP contribution in [0, 0.1) is 0 Å². The van der Waals surface area contributed by atoms with E-state index in [9.17, 15) is 13.2 Å². The molecule has 0 aromatic heterocycles. The SMILES string of the molecule is CCOc1ccc(C(NS(C)(=O)=O)C(=O)N2CCN(C)CC2)cc1. The molecule has 2 rings (SSSR count). The molecule has 0 aliphatic carbocycles. The molecular weight excluding hydrogens is 330 g/mol. The van der Waals surface area contributed by atoms with Gasteiger partial charge in [0.05, 0.1) is 12.9 Å². The molecule has 1 aromatic rings. The summed E-state index contributed by atoms with van der Waals surface area (Å²) in [5.41, 5.74) is 0.604. The number of hydrogen-bond acceptors (Lipinski definition) is 5. The monoisotopic (exact) mass is 355 g/mol. The number of hydrogen-bond donors (Lipinski definition) is 1. The van der Waals surface area contributed by atoms with Crippen LogP contribution in [0.2, 0.25) is 0 Å². The van der Waals surface area contributed by atoms with Crippen LogP contribution in [-0.2, 0) is 14.8 Å². The first kappa shape index (κ1) is 18.7. The van der Waals surface area contributed by atoms with E-state index >= 15 is 0 Å². The van der Waals surface area contributed by atoms with Gasteiger partial charge >= 0.3 is 0 Å². The summed E-state index contributed by atoms with van der Waals surface area (Å²) in [7, 11) is -1.52. The van der Waals surface area contributed by atoms with Crippen LogP contribution >= 0.6 is 0 Å². The highest BCUT2D eigenvalue weighted by Gasteiger charge is 2.30. The van der Waals surface area contributed by atoms with Crippen LogP contribution < -0.4 is 9.46 Å². The zero-order valence-electron chi connectivity index (χ0n) is 14.4. The van der Waals surface area contributed by atoms with E-state index in [1.165, 1.54) is 0 Å². The zero-order chi connectivity index (χ0) is 17.7.